The van der Waals surface area contributed by atoms with E-state index in [1.54, 1.807) is 6.20 Å². The number of carboxylic acids is 1. The van der Waals surface area contributed by atoms with Gasteiger partial charge in [-0.25, -0.2) is 4.39 Å². The van der Waals surface area contributed by atoms with E-state index >= 15 is 0 Å². The van der Waals surface area contributed by atoms with Crippen LogP contribution in [0.5, 0.6) is 0 Å². The summed E-state index contributed by atoms with van der Waals surface area (Å²) in [5.41, 5.74) is 0.829. The summed E-state index contributed by atoms with van der Waals surface area (Å²) >= 11 is 0. The van der Waals surface area contributed by atoms with Gasteiger partial charge in [-0.1, -0.05) is 0 Å². The van der Waals surface area contributed by atoms with Gasteiger partial charge < -0.3 is 5.11 Å². The number of piperidine rings is 1. The van der Waals surface area contributed by atoms with Gasteiger partial charge in [-0.3, -0.25) is 14.7 Å². The Kier molecular flexibility index (Phi) is 3.91. The number of likely N-dealkylation sites (tertiary alicyclic amines) is 1. The predicted octanol–water partition coefficient (Wildman–Crippen LogP) is 1.91. The topological polar surface area (TPSA) is 53.4 Å². The number of hydrogen-bond donors (Lipinski definition) is 1. The molecule has 4 nitrogen and oxygen atoms in total. The zero-order valence-corrected chi connectivity index (χ0v) is 10.3. The fourth-order valence-corrected chi connectivity index (χ4v) is 2.46. The fraction of sp³-hybridized carbons (Fsp3) is 0.538. The lowest BCUT2D eigenvalue weighted by Crippen LogP contribution is -2.42. The fourth-order valence-electron chi connectivity index (χ4n) is 2.46. The minimum Gasteiger partial charge on any atom is -0.481 e. The van der Waals surface area contributed by atoms with Gasteiger partial charge in [0.25, 0.3) is 0 Å². The Morgan fingerprint density at radius 3 is 3.00 bits per heavy atom. The molecule has 1 aromatic heterocycles. The molecule has 0 radical (unpaired) electrons. The second kappa shape index (κ2) is 5.44. The third-order valence-electron chi connectivity index (χ3n) is 3.51. The van der Waals surface area contributed by atoms with Gasteiger partial charge >= 0.3 is 5.97 Å². The number of carboxylic acid groups (broad SMARTS) is 1. The van der Waals surface area contributed by atoms with Gasteiger partial charge in [-0.2, -0.15) is 0 Å². The molecule has 1 saturated heterocycles. The first kappa shape index (κ1) is 13.0. The summed E-state index contributed by atoms with van der Waals surface area (Å²) in [6.45, 7) is 3.37. The second-order valence-corrected chi connectivity index (χ2v) is 4.89. The lowest BCUT2D eigenvalue weighted by molar-refractivity contribution is -0.144. The van der Waals surface area contributed by atoms with Crippen LogP contribution in [0, 0.1) is 11.7 Å². The standard InChI is InChI=1S/C13H17FN2O2/c1-9-4-11(13(17)18)2-3-16(9)8-10-5-12(14)7-15-6-10/h5-7,9,11H,2-4,8H2,1H3,(H,17,18). The molecule has 1 aromatic rings. The number of rotatable bonds is 3. The van der Waals surface area contributed by atoms with Crippen LogP contribution in [0.15, 0.2) is 18.5 Å². The van der Waals surface area contributed by atoms with Crippen molar-refractivity contribution in [3.05, 3.63) is 29.8 Å². The quantitative estimate of drug-likeness (QED) is 0.892. The Balaban J connectivity index is 1.97. The highest BCUT2D eigenvalue weighted by Gasteiger charge is 2.29. The minimum atomic E-state index is -0.714. The van der Waals surface area contributed by atoms with Crippen molar-refractivity contribution in [1.82, 2.24) is 9.88 Å². The lowest BCUT2D eigenvalue weighted by Gasteiger charge is -2.36. The van der Waals surface area contributed by atoms with Crippen molar-refractivity contribution in [2.45, 2.75) is 32.4 Å². The predicted molar refractivity (Wildman–Crippen MR) is 64.4 cm³/mol. The maximum Gasteiger partial charge on any atom is 0.306 e. The first-order chi connectivity index (χ1) is 8.56. The highest BCUT2D eigenvalue weighted by Crippen LogP contribution is 2.24. The summed E-state index contributed by atoms with van der Waals surface area (Å²) in [6, 6.07) is 1.67. The molecule has 0 aromatic carbocycles. The molecule has 1 fully saturated rings. The summed E-state index contributed by atoms with van der Waals surface area (Å²) in [6.07, 6.45) is 4.14. The molecule has 0 spiro atoms. The number of aliphatic carboxylic acids is 1. The van der Waals surface area contributed by atoms with E-state index in [1.807, 2.05) is 6.92 Å². The van der Waals surface area contributed by atoms with Gasteiger partial charge in [0.2, 0.25) is 0 Å². The van der Waals surface area contributed by atoms with Crippen LogP contribution in [0.2, 0.25) is 0 Å². The summed E-state index contributed by atoms with van der Waals surface area (Å²) in [5, 5.41) is 8.99. The third kappa shape index (κ3) is 3.04. The number of halogens is 1. The van der Waals surface area contributed by atoms with Crippen LogP contribution in [-0.2, 0) is 11.3 Å². The van der Waals surface area contributed by atoms with Crippen molar-refractivity contribution in [2.75, 3.05) is 6.54 Å². The summed E-state index contributed by atoms with van der Waals surface area (Å²) in [4.78, 5) is 16.9. The highest BCUT2D eigenvalue weighted by atomic mass is 19.1. The minimum absolute atomic E-state index is 0.197. The molecule has 0 bridgehead atoms. The lowest BCUT2D eigenvalue weighted by atomic mass is 9.91. The van der Waals surface area contributed by atoms with Crippen molar-refractivity contribution in [2.24, 2.45) is 5.92 Å². The molecule has 2 atom stereocenters. The Morgan fingerprint density at radius 1 is 1.61 bits per heavy atom. The summed E-state index contributed by atoms with van der Waals surface area (Å²) in [7, 11) is 0. The van der Waals surface area contributed by atoms with Crippen LogP contribution < -0.4 is 0 Å². The number of hydrogen-bond acceptors (Lipinski definition) is 3. The average Bonchev–Trinajstić information content (AvgIpc) is 2.31. The number of nitrogens with zero attached hydrogens (tertiary/aromatic N) is 2. The van der Waals surface area contributed by atoms with E-state index in [9.17, 15) is 9.18 Å². The van der Waals surface area contributed by atoms with E-state index in [0.717, 1.165) is 12.1 Å². The van der Waals surface area contributed by atoms with Gasteiger partial charge in [0, 0.05) is 18.8 Å². The van der Waals surface area contributed by atoms with Gasteiger partial charge in [0.1, 0.15) is 5.82 Å². The SMILES string of the molecule is CC1CC(C(=O)O)CCN1Cc1cncc(F)c1. The molecule has 2 rings (SSSR count). The van der Waals surface area contributed by atoms with Gasteiger partial charge in [0.15, 0.2) is 0 Å². The molecule has 5 heteroatoms. The van der Waals surface area contributed by atoms with Crippen molar-refractivity contribution in [3.8, 4) is 0 Å². The Morgan fingerprint density at radius 2 is 2.39 bits per heavy atom. The largest absolute Gasteiger partial charge is 0.481 e. The first-order valence-corrected chi connectivity index (χ1v) is 6.12. The molecule has 0 amide bonds. The average molecular weight is 252 g/mol. The van der Waals surface area contributed by atoms with Gasteiger partial charge in [-0.15, -0.1) is 0 Å². The van der Waals surface area contributed by atoms with Gasteiger partial charge in [-0.05, 0) is 37.9 Å². The molecule has 2 heterocycles. The van der Waals surface area contributed by atoms with E-state index in [-0.39, 0.29) is 17.8 Å². The van der Waals surface area contributed by atoms with E-state index in [4.69, 9.17) is 5.11 Å². The molecule has 1 N–H and O–H groups in total. The van der Waals surface area contributed by atoms with Crippen molar-refractivity contribution < 1.29 is 14.3 Å². The molecule has 1 aliphatic heterocycles. The summed E-state index contributed by atoms with van der Waals surface area (Å²) < 4.78 is 13.0. The molecule has 1 aliphatic rings. The Bertz CT molecular complexity index is 439. The molecular weight excluding hydrogens is 235 g/mol. The maximum absolute atomic E-state index is 13.0. The van der Waals surface area contributed by atoms with Crippen LogP contribution >= 0.6 is 0 Å². The van der Waals surface area contributed by atoms with E-state index < -0.39 is 5.97 Å². The number of aromatic nitrogens is 1. The van der Waals surface area contributed by atoms with Crippen molar-refractivity contribution in [3.63, 3.8) is 0 Å². The maximum atomic E-state index is 13.0. The number of carbonyl (C=O) groups is 1. The third-order valence-corrected chi connectivity index (χ3v) is 3.51. The first-order valence-electron chi connectivity index (χ1n) is 6.12. The van der Waals surface area contributed by atoms with Crippen LogP contribution in [0.1, 0.15) is 25.3 Å². The van der Waals surface area contributed by atoms with E-state index in [0.29, 0.717) is 19.4 Å². The zero-order valence-electron chi connectivity index (χ0n) is 10.3. The van der Waals surface area contributed by atoms with Gasteiger partial charge in [0.05, 0.1) is 12.1 Å². The molecule has 18 heavy (non-hydrogen) atoms. The molecule has 0 saturated carbocycles. The molecule has 98 valence electrons. The monoisotopic (exact) mass is 252 g/mol. The Labute approximate surface area is 105 Å². The highest BCUT2D eigenvalue weighted by molar-refractivity contribution is 5.70. The molecule has 2 unspecified atom stereocenters. The number of pyridine rings is 1. The Hall–Kier alpha value is -1.49. The molecule has 0 aliphatic carbocycles. The van der Waals surface area contributed by atoms with Crippen LogP contribution in [0.3, 0.4) is 0 Å². The molecular formula is C13H17FN2O2. The van der Waals surface area contributed by atoms with Crippen LogP contribution in [0.25, 0.3) is 0 Å². The van der Waals surface area contributed by atoms with Crippen molar-refractivity contribution >= 4 is 5.97 Å². The smallest absolute Gasteiger partial charge is 0.306 e. The normalized spacial score (nSPS) is 25.0. The van der Waals surface area contributed by atoms with Crippen molar-refractivity contribution in [1.29, 1.82) is 0 Å². The second-order valence-electron chi connectivity index (χ2n) is 4.89. The van der Waals surface area contributed by atoms with Crippen LogP contribution in [-0.4, -0.2) is 33.5 Å². The van der Waals surface area contributed by atoms with E-state index in [1.165, 1.54) is 12.3 Å². The van der Waals surface area contributed by atoms with E-state index in [2.05, 4.69) is 9.88 Å². The summed E-state index contributed by atoms with van der Waals surface area (Å²) in [5.74, 6) is -1.30. The zero-order chi connectivity index (χ0) is 13.1. The van der Waals surface area contributed by atoms with Crippen LogP contribution in [0.4, 0.5) is 4.39 Å².